The number of thiazole rings is 1. The molecule has 0 saturated carbocycles. The van der Waals surface area contributed by atoms with Gasteiger partial charge in [-0.3, -0.25) is 5.43 Å². The molecule has 0 aliphatic rings. The lowest BCUT2D eigenvalue weighted by molar-refractivity contribution is 0.619. The van der Waals surface area contributed by atoms with E-state index in [-0.39, 0.29) is 4.47 Å². The average Bonchev–Trinajstić information content (AvgIpc) is 3.05. The van der Waals surface area contributed by atoms with Gasteiger partial charge in [0.05, 0.1) is 21.4 Å². The summed E-state index contributed by atoms with van der Waals surface area (Å²) in [5, 5.41) is 6.91. The molecule has 0 aliphatic carbocycles. The van der Waals surface area contributed by atoms with E-state index in [4.69, 9.17) is 11.6 Å². The molecule has 0 aliphatic heterocycles. The normalized spacial score (nSPS) is 11.1. The zero-order valence-electron chi connectivity index (χ0n) is 11.6. The summed E-state index contributed by atoms with van der Waals surface area (Å²) in [6.45, 7) is 0. The van der Waals surface area contributed by atoms with Gasteiger partial charge in [-0.15, -0.1) is 11.3 Å². The smallest absolute Gasteiger partial charge is 0.203 e. The van der Waals surface area contributed by atoms with Gasteiger partial charge in [-0.1, -0.05) is 41.9 Å². The van der Waals surface area contributed by atoms with Gasteiger partial charge in [0.25, 0.3) is 0 Å². The van der Waals surface area contributed by atoms with Crippen LogP contribution >= 0.6 is 38.9 Å². The van der Waals surface area contributed by atoms with E-state index in [2.05, 4.69) is 31.4 Å². The molecule has 0 saturated heterocycles. The Morgan fingerprint density at radius 1 is 1.22 bits per heavy atom. The first-order valence-electron chi connectivity index (χ1n) is 6.58. The van der Waals surface area contributed by atoms with Crippen LogP contribution in [0.2, 0.25) is 5.02 Å². The average molecular weight is 411 g/mol. The highest BCUT2D eigenvalue weighted by molar-refractivity contribution is 9.10. The number of aromatic nitrogens is 1. The number of hydrazone groups is 1. The van der Waals surface area contributed by atoms with Crippen LogP contribution in [-0.2, 0) is 0 Å². The van der Waals surface area contributed by atoms with Gasteiger partial charge in [-0.2, -0.15) is 5.10 Å². The van der Waals surface area contributed by atoms with E-state index < -0.39 is 5.82 Å². The van der Waals surface area contributed by atoms with E-state index >= 15 is 0 Å². The van der Waals surface area contributed by atoms with Gasteiger partial charge in [-0.05, 0) is 28.1 Å². The molecule has 0 unspecified atom stereocenters. The molecule has 1 N–H and O–H groups in total. The van der Waals surface area contributed by atoms with Gasteiger partial charge in [0.15, 0.2) is 0 Å². The number of benzene rings is 2. The minimum atomic E-state index is -0.452. The molecule has 0 bridgehead atoms. The Hall–Kier alpha value is -1.76. The Morgan fingerprint density at radius 2 is 2.00 bits per heavy atom. The first-order valence-corrected chi connectivity index (χ1v) is 8.64. The summed E-state index contributed by atoms with van der Waals surface area (Å²) < 4.78 is 14.2. The molecule has 0 spiro atoms. The van der Waals surface area contributed by atoms with Gasteiger partial charge in [-0.25, -0.2) is 9.37 Å². The van der Waals surface area contributed by atoms with Crippen LogP contribution < -0.4 is 5.43 Å². The number of halogens is 3. The third-order valence-corrected chi connectivity index (χ3v) is 5.07. The summed E-state index contributed by atoms with van der Waals surface area (Å²) in [5.41, 5.74) is 5.04. The van der Waals surface area contributed by atoms with E-state index in [1.807, 2.05) is 35.7 Å². The summed E-state index contributed by atoms with van der Waals surface area (Å²) in [6.07, 6.45) is 1.39. The predicted octanol–water partition coefficient (Wildman–Crippen LogP) is 5.81. The molecule has 1 heterocycles. The number of anilines is 1. The third kappa shape index (κ3) is 3.77. The Kier molecular flexibility index (Phi) is 5.05. The number of hydrogen-bond donors (Lipinski definition) is 1. The lowest BCUT2D eigenvalue weighted by Crippen LogP contribution is -1.94. The molecule has 116 valence electrons. The van der Waals surface area contributed by atoms with Crippen molar-refractivity contribution < 1.29 is 4.39 Å². The van der Waals surface area contributed by atoms with Crippen molar-refractivity contribution in [1.82, 2.24) is 4.98 Å². The van der Waals surface area contributed by atoms with E-state index in [9.17, 15) is 4.39 Å². The molecule has 0 atom stereocenters. The summed E-state index contributed by atoms with van der Waals surface area (Å²) >= 11 is 10.3. The molecule has 0 radical (unpaired) electrons. The van der Waals surface area contributed by atoms with Gasteiger partial charge < -0.3 is 0 Å². The van der Waals surface area contributed by atoms with Crippen LogP contribution in [-0.4, -0.2) is 11.2 Å². The second kappa shape index (κ2) is 7.21. The van der Waals surface area contributed by atoms with Crippen molar-refractivity contribution >= 4 is 50.2 Å². The van der Waals surface area contributed by atoms with Crippen molar-refractivity contribution in [3.63, 3.8) is 0 Å². The largest absolute Gasteiger partial charge is 0.253 e. The van der Waals surface area contributed by atoms with Gasteiger partial charge in [0, 0.05) is 16.5 Å². The number of rotatable bonds is 4. The van der Waals surface area contributed by atoms with Crippen LogP contribution in [0, 0.1) is 5.82 Å². The SMILES string of the molecule is Fc1c(C=NNc2nc(-c3ccccc3)cs2)ccc(Cl)c1Br. The first kappa shape index (κ1) is 16.1. The monoisotopic (exact) mass is 409 g/mol. The molecular formula is C16H10BrClFN3S. The molecule has 3 aromatic rings. The van der Waals surface area contributed by atoms with Crippen molar-refractivity contribution in [2.45, 2.75) is 0 Å². The van der Waals surface area contributed by atoms with Crippen LogP contribution in [0.25, 0.3) is 11.3 Å². The molecule has 3 rings (SSSR count). The summed E-state index contributed by atoms with van der Waals surface area (Å²) in [4.78, 5) is 4.44. The van der Waals surface area contributed by atoms with Crippen molar-refractivity contribution in [2.24, 2.45) is 5.10 Å². The zero-order valence-corrected chi connectivity index (χ0v) is 14.8. The van der Waals surface area contributed by atoms with Crippen LogP contribution in [0.5, 0.6) is 0 Å². The Labute approximate surface area is 150 Å². The summed E-state index contributed by atoms with van der Waals surface area (Å²) in [7, 11) is 0. The fourth-order valence-corrected chi connectivity index (χ4v) is 3.04. The van der Waals surface area contributed by atoms with E-state index in [1.165, 1.54) is 17.6 Å². The second-order valence-electron chi connectivity index (χ2n) is 4.54. The predicted molar refractivity (Wildman–Crippen MR) is 97.9 cm³/mol. The van der Waals surface area contributed by atoms with Gasteiger partial charge in [0.2, 0.25) is 5.13 Å². The number of hydrogen-bond acceptors (Lipinski definition) is 4. The van der Waals surface area contributed by atoms with Gasteiger partial charge >= 0.3 is 0 Å². The fourth-order valence-electron chi connectivity index (χ4n) is 1.86. The van der Waals surface area contributed by atoms with E-state index in [0.29, 0.717) is 15.7 Å². The van der Waals surface area contributed by atoms with Crippen molar-refractivity contribution in [2.75, 3.05) is 5.43 Å². The molecule has 2 aromatic carbocycles. The standard InChI is InChI=1S/C16H10BrClFN3S/c17-14-12(18)7-6-11(15(14)19)8-20-22-16-21-13(9-23-16)10-4-2-1-3-5-10/h1-9H,(H,21,22). The number of nitrogens with one attached hydrogen (secondary N) is 1. The Balaban J connectivity index is 1.72. The number of nitrogens with zero attached hydrogens (tertiary/aromatic N) is 2. The first-order chi connectivity index (χ1) is 11.1. The molecule has 1 aromatic heterocycles. The third-order valence-electron chi connectivity index (χ3n) is 3.00. The lowest BCUT2D eigenvalue weighted by Gasteiger charge is -2.01. The van der Waals surface area contributed by atoms with Crippen molar-refractivity contribution in [1.29, 1.82) is 0 Å². The van der Waals surface area contributed by atoms with Crippen LogP contribution in [0.1, 0.15) is 5.56 Å². The Bertz CT molecular complexity index is 852. The molecular weight excluding hydrogens is 401 g/mol. The van der Waals surface area contributed by atoms with E-state index in [0.717, 1.165) is 11.3 Å². The van der Waals surface area contributed by atoms with E-state index in [1.54, 1.807) is 12.1 Å². The molecule has 0 fully saturated rings. The topological polar surface area (TPSA) is 37.3 Å². The van der Waals surface area contributed by atoms with Crippen molar-refractivity contribution in [3.05, 3.63) is 68.7 Å². The van der Waals surface area contributed by atoms with Crippen LogP contribution in [0.15, 0.2) is 57.4 Å². The lowest BCUT2D eigenvalue weighted by atomic mass is 10.2. The summed E-state index contributed by atoms with van der Waals surface area (Å²) in [5.74, 6) is -0.452. The van der Waals surface area contributed by atoms with Crippen LogP contribution in [0.3, 0.4) is 0 Å². The van der Waals surface area contributed by atoms with Crippen LogP contribution in [0.4, 0.5) is 9.52 Å². The Morgan fingerprint density at radius 3 is 2.78 bits per heavy atom. The second-order valence-corrected chi connectivity index (χ2v) is 6.60. The maximum atomic E-state index is 14.0. The highest BCUT2D eigenvalue weighted by Crippen LogP contribution is 2.27. The van der Waals surface area contributed by atoms with Gasteiger partial charge in [0.1, 0.15) is 5.82 Å². The quantitative estimate of drug-likeness (QED) is 0.335. The molecule has 0 amide bonds. The minimum Gasteiger partial charge on any atom is -0.253 e. The van der Waals surface area contributed by atoms with Crippen molar-refractivity contribution in [3.8, 4) is 11.3 Å². The maximum absolute atomic E-state index is 14.0. The fraction of sp³-hybridized carbons (Fsp3) is 0. The molecule has 23 heavy (non-hydrogen) atoms. The maximum Gasteiger partial charge on any atom is 0.203 e. The molecule has 7 heteroatoms. The minimum absolute atomic E-state index is 0.226. The summed E-state index contributed by atoms with van der Waals surface area (Å²) in [6, 6.07) is 13.0. The highest BCUT2D eigenvalue weighted by atomic mass is 79.9. The zero-order chi connectivity index (χ0) is 16.2. The highest BCUT2D eigenvalue weighted by Gasteiger charge is 2.08. The molecule has 3 nitrogen and oxygen atoms in total.